The zero-order valence-electron chi connectivity index (χ0n) is 30.6. The Balaban J connectivity index is 2.09. The number of allylic oxidation sites excluding steroid dienone is 8. The van der Waals surface area contributed by atoms with Crippen molar-refractivity contribution in [1.82, 2.24) is 4.90 Å². The first kappa shape index (κ1) is 40.9. The number of hydrogen-bond acceptors (Lipinski definition) is 1. The molecule has 1 nitrogen and oxygen atoms in total. The second kappa shape index (κ2) is 30.6. The van der Waals surface area contributed by atoms with E-state index in [1.807, 2.05) is 0 Å². The predicted octanol–water partition coefficient (Wildman–Crippen LogP) is 14.5. The van der Waals surface area contributed by atoms with Crippen LogP contribution < -0.4 is 0 Å². The zero-order chi connectivity index (χ0) is 31.8. The summed E-state index contributed by atoms with van der Waals surface area (Å²) in [6.07, 6.45) is 58.9. The Morgan fingerprint density at radius 1 is 0.477 bits per heavy atom. The van der Waals surface area contributed by atoms with Gasteiger partial charge in [-0.05, 0) is 116 Å². The van der Waals surface area contributed by atoms with Gasteiger partial charge in [0.05, 0.1) is 0 Å². The molecule has 1 aliphatic rings. The second-order valence-electron chi connectivity index (χ2n) is 14.5. The Hall–Kier alpha value is -1.08. The molecule has 1 unspecified atom stereocenters. The SMILES string of the molecule is CCCCC/C=C\C/C=C\CCCCCCCCC1(CCCCCCCC/C=C\C/C=C\CCCCC)CCC(N(C)C)C1. The van der Waals surface area contributed by atoms with E-state index in [9.17, 15) is 0 Å². The molecule has 0 aliphatic heterocycles. The van der Waals surface area contributed by atoms with Gasteiger partial charge in [0.15, 0.2) is 0 Å². The van der Waals surface area contributed by atoms with Gasteiger partial charge in [0.1, 0.15) is 0 Å². The van der Waals surface area contributed by atoms with Gasteiger partial charge in [0, 0.05) is 6.04 Å². The summed E-state index contributed by atoms with van der Waals surface area (Å²) in [6.45, 7) is 4.55. The van der Waals surface area contributed by atoms with Crippen LogP contribution in [0.2, 0.25) is 0 Å². The summed E-state index contributed by atoms with van der Waals surface area (Å²) in [4.78, 5) is 2.51. The first-order valence-electron chi connectivity index (χ1n) is 19.9. The minimum Gasteiger partial charge on any atom is -0.306 e. The van der Waals surface area contributed by atoms with E-state index in [1.165, 1.54) is 173 Å². The highest BCUT2D eigenvalue weighted by Crippen LogP contribution is 2.47. The summed E-state index contributed by atoms with van der Waals surface area (Å²) in [5.41, 5.74) is 0.652. The van der Waals surface area contributed by atoms with E-state index in [4.69, 9.17) is 0 Å². The average Bonchev–Trinajstić information content (AvgIpc) is 3.45. The summed E-state index contributed by atoms with van der Waals surface area (Å²) < 4.78 is 0. The summed E-state index contributed by atoms with van der Waals surface area (Å²) in [5.74, 6) is 0. The largest absolute Gasteiger partial charge is 0.306 e. The van der Waals surface area contributed by atoms with Crippen LogP contribution in [0, 0.1) is 5.41 Å². The Bertz CT molecular complexity index is 662. The molecule has 0 amide bonds. The number of rotatable bonds is 31. The number of unbranched alkanes of at least 4 members (excludes halogenated alkanes) is 18. The van der Waals surface area contributed by atoms with Gasteiger partial charge in [-0.3, -0.25) is 0 Å². The third-order valence-corrected chi connectivity index (χ3v) is 10.2. The average molecular weight is 610 g/mol. The summed E-state index contributed by atoms with van der Waals surface area (Å²) in [7, 11) is 4.61. The first-order chi connectivity index (χ1) is 21.6. The van der Waals surface area contributed by atoms with Gasteiger partial charge >= 0.3 is 0 Å². The van der Waals surface area contributed by atoms with E-state index in [1.54, 1.807) is 0 Å². The molecule has 0 saturated heterocycles. The molecule has 0 aromatic heterocycles. The van der Waals surface area contributed by atoms with Gasteiger partial charge in [0.25, 0.3) is 0 Å². The van der Waals surface area contributed by atoms with Crippen molar-refractivity contribution in [3.05, 3.63) is 48.6 Å². The maximum Gasteiger partial charge on any atom is 0.00946 e. The van der Waals surface area contributed by atoms with E-state index in [0.717, 1.165) is 18.9 Å². The minimum absolute atomic E-state index is 0.652. The third-order valence-electron chi connectivity index (χ3n) is 10.2. The molecule has 1 fully saturated rings. The van der Waals surface area contributed by atoms with Crippen LogP contribution >= 0.6 is 0 Å². The lowest BCUT2D eigenvalue weighted by Gasteiger charge is -2.31. The highest BCUT2D eigenvalue weighted by atomic mass is 15.1. The lowest BCUT2D eigenvalue weighted by atomic mass is 9.76. The summed E-state index contributed by atoms with van der Waals surface area (Å²) >= 11 is 0. The van der Waals surface area contributed by atoms with Crippen molar-refractivity contribution >= 4 is 0 Å². The van der Waals surface area contributed by atoms with Crippen molar-refractivity contribution in [3.8, 4) is 0 Å². The van der Waals surface area contributed by atoms with E-state index in [0.29, 0.717) is 5.41 Å². The molecular formula is C43H79N. The van der Waals surface area contributed by atoms with E-state index in [-0.39, 0.29) is 0 Å². The van der Waals surface area contributed by atoms with Crippen LogP contribution in [0.4, 0.5) is 0 Å². The van der Waals surface area contributed by atoms with Gasteiger partial charge in [-0.25, -0.2) is 0 Å². The lowest BCUT2D eigenvalue weighted by Crippen LogP contribution is -2.27. The van der Waals surface area contributed by atoms with Gasteiger partial charge in [-0.2, -0.15) is 0 Å². The summed E-state index contributed by atoms with van der Waals surface area (Å²) in [5, 5.41) is 0. The molecule has 1 rings (SSSR count). The molecule has 0 heterocycles. The fourth-order valence-corrected chi connectivity index (χ4v) is 7.17. The molecule has 1 saturated carbocycles. The molecule has 0 bridgehead atoms. The van der Waals surface area contributed by atoms with Crippen LogP contribution in [0.5, 0.6) is 0 Å². The van der Waals surface area contributed by atoms with Crippen LogP contribution in [0.3, 0.4) is 0 Å². The molecule has 44 heavy (non-hydrogen) atoms. The highest BCUT2D eigenvalue weighted by molar-refractivity contribution is 4.94. The van der Waals surface area contributed by atoms with E-state index in [2.05, 4.69) is 81.5 Å². The van der Waals surface area contributed by atoms with Crippen molar-refractivity contribution < 1.29 is 0 Å². The molecule has 0 N–H and O–H groups in total. The fraction of sp³-hybridized carbons (Fsp3) is 0.814. The van der Waals surface area contributed by atoms with Gasteiger partial charge < -0.3 is 4.90 Å². The highest BCUT2D eigenvalue weighted by Gasteiger charge is 2.38. The van der Waals surface area contributed by atoms with Crippen LogP contribution in [-0.4, -0.2) is 25.0 Å². The standard InChI is InChI=1S/C43H79N/c1-5-7-9-11-13-15-17-19-21-23-25-27-29-31-33-35-38-43(40-37-42(41-43)44(3)4)39-36-34-32-30-28-26-24-22-20-18-16-14-12-10-8-6-2/h13-16,19-22,42H,5-12,17-18,23-41H2,1-4H3/b15-13-,16-14-,21-19-,22-20-. The van der Waals surface area contributed by atoms with Crippen molar-refractivity contribution in [3.63, 3.8) is 0 Å². The van der Waals surface area contributed by atoms with E-state index < -0.39 is 0 Å². The molecule has 1 heteroatoms. The third kappa shape index (κ3) is 24.2. The topological polar surface area (TPSA) is 3.24 Å². The smallest absolute Gasteiger partial charge is 0.00946 e. The van der Waals surface area contributed by atoms with Gasteiger partial charge in [-0.1, -0.05) is 152 Å². The molecule has 0 aromatic rings. The molecule has 0 aromatic carbocycles. The van der Waals surface area contributed by atoms with Crippen molar-refractivity contribution in [2.45, 2.75) is 206 Å². The van der Waals surface area contributed by atoms with Crippen molar-refractivity contribution in [1.29, 1.82) is 0 Å². The molecule has 0 radical (unpaired) electrons. The lowest BCUT2D eigenvalue weighted by molar-refractivity contribution is 0.201. The van der Waals surface area contributed by atoms with Gasteiger partial charge in [-0.15, -0.1) is 0 Å². The molecular weight excluding hydrogens is 530 g/mol. The Morgan fingerprint density at radius 2 is 0.841 bits per heavy atom. The summed E-state index contributed by atoms with van der Waals surface area (Å²) in [6, 6.07) is 0.823. The number of nitrogens with zero attached hydrogens (tertiary/aromatic N) is 1. The molecule has 1 atom stereocenters. The molecule has 256 valence electrons. The Kier molecular flexibility index (Phi) is 28.4. The quantitative estimate of drug-likeness (QED) is 0.0558. The zero-order valence-corrected chi connectivity index (χ0v) is 30.6. The van der Waals surface area contributed by atoms with Crippen LogP contribution in [-0.2, 0) is 0 Å². The molecule has 0 spiro atoms. The molecule has 1 aliphatic carbocycles. The minimum atomic E-state index is 0.652. The monoisotopic (exact) mass is 610 g/mol. The predicted molar refractivity (Wildman–Crippen MR) is 202 cm³/mol. The van der Waals surface area contributed by atoms with Gasteiger partial charge in [0.2, 0.25) is 0 Å². The Morgan fingerprint density at radius 3 is 1.20 bits per heavy atom. The maximum atomic E-state index is 2.51. The van der Waals surface area contributed by atoms with Crippen molar-refractivity contribution in [2.75, 3.05) is 14.1 Å². The van der Waals surface area contributed by atoms with Crippen LogP contribution in [0.1, 0.15) is 200 Å². The Labute approximate surface area is 278 Å². The van der Waals surface area contributed by atoms with Crippen LogP contribution in [0.15, 0.2) is 48.6 Å². The van der Waals surface area contributed by atoms with Crippen LogP contribution in [0.25, 0.3) is 0 Å². The first-order valence-corrected chi connectivity index (χ1v) is 19.9. The number of hydrogen-bond donors (Lipinski definition) is 0. The van der Waals surface area contributed by atoms with Crippen molar-refractivity contribution in [2.24, 2.45) is 5.41 Å². The fourth-order valence-electron chi connectivity index (χ4n) is 7.17. The van der Waals surface area contributed by atoms with E-state index >= 15 is 0 Å². The normalized spacial score (nSPS) is 17.2. The second-order valence-corrected chi connectivity index (χ2v) is 14.5. The maximum absolute atomic E-state index is 2.51.